The molecule has 1 heterocycles. The van der Waals surface area contributed by atoms with Crippen LogP contribution in [0.1, 0.15) is 20.8 Å². The number of carbonyl (C=O) groups excluding carboxylic acids is 1. The molecule has 8 heteroatoms. The van der Waals surface area contributed by atoms with Crippen LogP contribution in [0.4, 0.5) is 4.79 Å². The molecule has 0 spiro atoms. The molecule has 0 radical (unpaired) electrons. The number of likely N-dealkylation sites (N-methyl/N-ethyl adjacent to an activating group) is 1. The second-order valence-corrected chi connectivity index (χ2v) is 6.99. The Morgan fingerprint density at radius 3 is 2.29 bits per heavy atom. The van der Waals surface area contributed by atoms with Crippen molar-refractivity contribution in [2.24, 2.45) is 10.7 Å². The number of rotatable bonds is 6. The minimum atomic E-state index is -0.469. The first-order chi connectivity index (χ1) is 11.2. The first kappa shape index (κ1) is 20.5. The van der Waals surface area contributed by atoms with E-state index in [-0.39, 0.29) is 6.09 Å². The van der Waals surface area contributed by atoms with Crippen molar-refractivity contribution in [3.8, 4) is 0 Å². The normalized spacial score (nSPS) is 16.7. The van der Waals surface area contributed by atoms with Crippen LogP contribution in [-0.2, 0) is 9.47 Å². The lowest BCUT2D eigenvalue weighted by Gasteiger charge is -2.36. The van der Waals surface area contributed by atoms with E-state index in [0.717, 1.165) is 13.1 Å². The maximum absolute atomic E-state index is 12.0. The summed E-state index contributed by atoms with van der Waals surface area (Å²) in [4.78, 5) is 22.3. The fraction of sp³-hybridized carbons (Fsp3) is 0.875. The third-order valence-electron chi connectivity index (χ3n) is 3.69. The Morgan fingerprint density at radius 2 is 1.75 bits per heavy atom. The lowest BCUT2D eigenvalue weighted by Crippen LogP contribution is -2.53. The van der Waals surface area contributed by atoms with E-state index >= 15 is 0 Å². The van der Waals surface area contributed by atoms with Crippen LogP contribution in [0.3, 0.4) is 0 Å². The van der Waals surface area contributed by atoms with Crippen LogP contribution >= 0.6 is 0 Å². The van der Waals surface area contributed by atoms with Crippen LogP contribution in [0.15, 0.2) is 4.99 Å². The molecular weight excluding hydrogens is 310 g/mol. The molecule has 0 aromatic rings. The molecule has 1 aliphatic heterocycles. The molecule has 0 unspecified atom stereocenters. The summed E-state index contributed by atoms with van der Waals surface area (Å²) in [6.45, 7) is 11.2. The smallest absolute Gasteiger partial charge is 0.410 e. The highest BCUT2D eigenvalue weighted by Gasteiger charge is 2.26. The highest BCUT2D eigenvalue weighted by Crippen LogP contribution is 2.11. The Balaban J connectivity index is 2.33. The van der Waals surface area contributed by atoms with Gasteiger partial charge in [0.2, 0.25) is 0 Å². The molecule has 24 heavy (non-hydrogen) atoms. The molecule has 0 aromatic heterocycles. The Hall–Kier alpha value is -1.54. The number of nitrogens with two attached hydrogens (primary N) is 1. The number of hydrogen-bond acceptors (Lipinski definition) is 5. The van der Waals surface area contributed by atoms with Crippen LogP contribution in [0.2, 0.25) is 0 Å². The van der Waals surface area contributed by atoms with Gasteiger partial charge < -0.3 is 29.9 Å². The van der Waals surface area contributed by atoms with Crippen molar-refractivity contribution in [3.05, 3.63) is 0 Å². The number of amides is 1. The minimum Gasteiger partial charge on any atom is -0.444 e. The van der Waals surface area contributed by atoms with E-state index in [4.69, 9.17) is 15.2 Å². The number of aliphatic imine (C=N–C) groups is 1. The van der Waals surface area contributed by atoms with Gasteiger partial charge in [-0.05, 0) is 27.8 Å². The van der Waals surface area contributed by atoms with Gasteiger partial charge in [-0.25, -0.2) is 4.79 Å². The van der Waals surface area contributed by atoms with E-state index in [1.54, 1.807) is 12.0 Å². The number of hydrogen-bond donors (Lipinski definition) is 1. The van der Waals surface area contributed by atoms with Gasteiger partial charge in [0.05, 0.1) is 13.2 Å². The maximum atomic E-state index is 12.0. The van der Waals surface area contributed by atoms with Gasteiger partial charge in [0.15, 0.2) is 5.96 Å². The lowest BCUT2D eigenvalue weighted by atomic mass is 10.2. The predicted molar refractivity (Wildman–Crippen MR) is 95.2 cm³/mol. The first-order valence-corrected chi connectivity index (χ1v) is 8.43. The molecule has 1 saturated heterocycles. The zero-order chi connectivity index (χ0) is 18.2. The van der Waals surface area contributed by atoms with Crippen molar-refractivity contribution in [2.45, 2.75) is 26.4 Å². The Kier molecular flexibility index (Phi) is 8.27. The van der Waals surface area contributed by atoms with Crippen molar-refractivity contribution in [1.29, 1.82) is 0 Å². The fourth-order valence-corrected chi connectivity index (χ4v) is 2.24. The second kappa shape index (κ2) is 9.68. The Labute approximate surface area is 145 Å². The topological polar surface area (TPSA) is 83.6 Å². The van der Waals surface area contributed by atoms with Crippen LogP contribution in [-0.4, -0.2) is 98.9 Å². The van der Waals surface area contributed by atoms with Crippen molar-refractivity contribution < 1.29 is 14.3 Å². The Morgan fingerprint density at radius 1 is 1.17 bits per heavy atom. The molecule has 0 bridgehead atoms. The van der Waals surface area contributed by atoms with Gasteiger partial charge in [-0.1, -0.05) is 0 Å². The van der Waals surface area contributed by atoms with E-state index in [2.05, 4.69) is 9.89 Å². The van der Waals surface area contributed by atoms with Gasteiger partial charge >= 0.3 is 6.09 Å². The molecule has 1 fully saturated rings. The summed E-state index contributed by atoms with van der Waals surface area (Å²) in [5, 5.41) is 0. The van der Waals surface area contributed by atoms with E-state index in [1.807, 2.05) is 32.7 Å². The quantitative estimate of drug-likeness (QED) is 0.556. The summed E-state index contributed by atoms with van der Waals surface area (Å²) in [7, 11) is 3.73. The third-order valence-corrected chi connectivity index (χ3v) is 3.69. The van der Waals surface area contributed by atoms with E-state index < -0.39 is 5.60 Å². The van der Waals surface area contributed by atoms with Crippen molar-refractivity contribution in [1.82, 2.24) is 14.7 Å². The molecule has 1 amide bonds. The summed E-state index contributed by atoms with van der Waals surface area (Å²) in [5.74, 6) is 0.541. The number of methoxy groups -OCH3 is 1. The standard InChI is InChI=1S/C16H33N5O3/c1-16(2,3)24-15(22)21-10-8-20(9-11-21)14(17)18-6-7-19(4)12-13-23-5/h6-13H2,1-5H3,(H2,17,18). The average Bonchev–Trinajstić information content (AvgIpc) is 2.51. The fourth-order valence-electron chi connectivity index (χ4n) is 2.24. The highest BCUT2D eigenvalue weighted by molar-refractivity contribution is 5.78. The second-order valence-electron chi connectivity index (χ2n) is 6.99. The molecule has 1 rings (SSSR count). The third kappa shape index (κ3) is 7.83. The van der Waals surface area contributed by atoms with Crippen molar-refractivity contribution in [2.75, 3.05) is 66.6 Å². The van der Waals surface area contributed by atoms with Crippen LogP contribution in [0.25, 0.3) is 0 Å². The van der Waals surface area contributed by atoms with E-state index in [1.165, 1.54) is 0 Å². The van der Waals surface area contributed by atoms with Crippen LogP contribution in [0.5, 0.6) is 0 Å². The summed E-state index contributed by atoms with van der Waals surface area (Å²) in [6.07, 6.45) is -0.266. The summed E-state index contributed by atoms with van der Waals surface area (Å²) >= 11 is 0. The van der Waals surface area contributed by atoms with Crippen molar-refractivity contribution in [3.63, 3.8) is 0 Å². The molecular formula is C16H33N5O3. The number of piperazine rings is 1. The van der Waals surface area contributed by atoms with Gasteiger partial charge in [0.25, 0.3) is 0 Å². The molecule has 0 atom stereocenters. The van der Waals surface area contributed by atoms with Crippen LogP contribution in [0, 0.1) is 0 Å². The lowest BCUT2D eigenvalue weighted by molar-refractivity contribution is 0.0186. The monoisotopic (exact) mass is 343 g/mol. The first-order valence-electron chi connectivity index (χ1n) is 8.43. The largest absolute Gasteiger partial charge is 0.444 e. The number of carbonyl (C=O) groups is 1. The van der Waals surface area contributed by atoms with Gasteiger partial charge in [0.1, 0.15) is 5.60 Å². The van der Waals surface area contributed by atoms with Crippen LogP contribution < -0.4 is 5.73 Å². The zero-order valence-corrected chi connectivity index (χ0v) is 15.7. The molecule has 8 nitrogen and oxygen atoms in total. The Bertz CT molecular complexity index is 414. The van der Waals surface area contributed by atoms with Gasteiger partial charge in [0, 0.05) is 46.4 Å². The molecule has 0 saturated carbocycles. The van der Waals surface area contributed by atoms with Gasteiger partial charge in [-0.2, -0.15) is 0 Å². The predicted octanol–water partition coefficient (Wildman–Crippen LogP) is 0.432. The van der Waals surface area contributed by atoms with Gasteiger partial charge in [-0.15, -0.1) is 0 Å². The molecule has 1 aliphatic rings. The molecule has 0 aromatic carbocycles. The number of nitrogens with zero attached hydrogens (tertiary/aromatic N) is 4. The zero-order valence-electron chi connectivity index (χ0n) is 15.7. The SMILES string of the molecule is COCCN(C)CCN=C(N)N1CCN(C(=O)OC(C)(C)C)CC1. The van der Waals surface area contributed by atoms with Crippen molar-refractivity contribution >= 4 is 12.1 Å². The molecule has 140 valence electrons. The summed E-state index contributed by atoms with van der Waals surface area (Å²) < 4.78 is 10.4. The molecule has 2 N–H and O–H groups in total. The van der Waals surface area contributed by atoms with Gasteiger partial charge in [-0.3, -0.25) is 4.99 Å². The molecule has 0 aliphatic carbocycles. The minimum absolute atomic E-state index is 0.266. The number of guanidine groups is 1. The van der Waals surface area contributed by atoms with E-state index in [9.17, 15) is 4.79 Å². The summed E-state index contributed by atoms with van der Waals surface area (Å²) in [6, 6.07) is 0. The number of ether oxygens (including phenoxy) is 2. The van der Waals surface area contributed by atoms with E-state index in [0.29, 0.717) is 45.3 Å². The summed E-state index contributed by atoms with van der Waals surface area (Å²) in [5.41, 5.74) is 5.59. The highest BCUT2D eigenvalue weighted by atomic mass is 16.6. The maximum Gasteiger partial charge on any atom is 0.410 e. The average molecular weight is 343 g/mol.